The first-order chi connectivity index (χ1) is 3.31. The Balaban J connectivity index is 3.29. The minimum absolute atomic E-state index is 0.169. The van der Waals surface area contributed by atoms with Crippen LogP contribution in [-0.4, -0.2) is 13.0 Å². The number of nitrogens with two attached hydrogens (primary N) is 2. The van der Waals surface area contributed by atoms with Crippen LogP contribution in [-0.2, 0) is 0 Å². The first-order valence-electron chi connectivity index (χ1n) is 1.77. The Bertz CT molecular complexity index is 66.5. The van der Waals surface area contributed by atoms with Crippen molar-refractivity contribution in [1.29, 1.82) is 0 Å². The molecule has 0 radical (unpaired) electrons. The highest BCUT2D eigenvalue weighted by Gasteiger charge is 1.76. The van der Waals surface area contributed by atoms with E-state index in [1.54, 1.807) is 7.05 Å². The van der Waals surface area contributed by atoms with Gasteiger partial charge in [-0.1, -0.05) is 0 Å². The zero-order chi connectivity index (χ0) is 5.70. The monoisotopic (exact) mass is 103 g/mol. The number of hydrazine groups is 1. The summed E-state index contributed by atoms with van der Waals surface area (Å²) in [5.74, 6) is 4.98. The van der Waals surface area contributed by atoms with Gasteiger partial charge in [-0.25, -0.2) is 5.84 Å². The van der Waals surface area contributed by atoms with Gasteiger partial charge in [0.25, 0.3) is 0 Å². The van der Waals surface area contributed by atoms with E-state index in [9.17, 15) is 0 Å². The van der Waals surface area contributed by atoms with Crippen molar-refractivity contribution >= 4 is 5.96 Å². The number of nitrogens with one attached hydrogen (secondary N) is 2. The van der Waals surface area contributed by atoms with Crippen molar-refractivity contribution in [3.05, 3.63) is 0 Å². The number of guanidine groups is 1. The number of hydrogen-bond donors (Lipinski definition) is 4. The van der Waals surface area contributed by atoms with Crippen LogP contribution in [0.3, 0.4) is 0 Å². The van der Waals surface area contributed by atoms with E-state index in [2.05, 4.69) is 16.0 Å². The second-order valence-corrected chi connectivity index (χ2v) is 0.865. The van der Waals surface area contributed by atoms with Gasteiger partial charge in [-0.2, -0.15) is 0 Å². The third kappa shape index (κ3) is 2.84. The first-order valence-corrected chi connectivity index (χ1v) is 1.77. The van der Waals surface area contributed by atoms with E-state index < -0.39 is 0 Å². The molecule has 5 nitrogen and oxygen atoms in total. The van der Waals surface area contributed by atoms with E-state index in [0.29, 0.717) is 0 Å². The molecular formula is C2H9N5. The summed E-state index contributed by atoms with van der Waals surface area (Å²) in [5, 5.41) is 3.45. The molecule has 0 rings (SSSR count). The fourth-order valence-corrected chi connectivity index (χ4v) is 0.153. The predicted octanol–water partition coefficient (Wildman–Crippen LogP) is -2.10. The van der Waals surface area contributed by atoms with Crippen LogP contribution in [0.25, 0.3) is 0 Å². The Morgan fingerprint density at radius 1 is 1.71 bits per heavy atom. The molecular weight excluding hydrogens is 94.1 g/mol. The topological polar surface area (TPSA) is 88.5 Å². The summed E-state index contributed by atoms with van der Waals surface area (Å²) in [7, 11) is 1.63. The normalized spacial score (nSPS) is 10.9. The maximum absolute atomic E-state index is 5.03. The third-order valence-corrected chi connectivity index (χ3v) is 0.380. The molecule has 0 fully saturated rings. The van der Waals surface area contributed by atoms with Crippen LogP contribution in [0.1, 0.15) is 0 Å². The zero-order valence-corrected chi connectivity index (χ0v) is 4.10. The summed E-state index contributed by atoms with van der Waals surface area (Å²) in [6.45, 7) is 0. The van der Waals surface area contributed by atoms with Crippen molar-refractivity contribution in [2.45, 2.75) is 0 Å². The molecule has 0 heterocycles. The summed E-state index contributed by atoms with van der Waals surface area (Å²) in [4.78, 5) is 0. The molecule has 6 N–H and O–H groups in total. The SMILES string of the molecule is CN/N=C(/N)NN. The van der Waals surface area contributed by atoms with Crippen LogP contribution in [0.2, 0.25) is 0 Å². The van der Waals surface area contributed by atoms with Gasteiger partial charge in [0.1, 0.15) is 0 Å². The molecule has 0 aromatic heterocycles. The molecule has 0 saturated heterocycles. The van der Waals surface area contributed by atoms with Crippen LogP contribution in [0.4, 0.5) is 0 Å². The van der Waals surface area contributed by atoms with Gasteiger partial charge >= 0.3 is 0 Å². The van der Waals surface area contributed by atoms with Crippen LogP contribution >= 0.6 is 0 Å². The Morgan fingerprint density at radius 3 is 2.43 bits per heavy atom. The van der Waals surface area contributed by atoms with Crippen LogP contribution < -0.4 is 22.4 Å². The second-order valence-electron chi connectivity index (χ2n) is 0.865. The quantitative estimate of drug-likeness (QED) is 0.132. The summed E-state index contributed by atoms with van der Waals surface area (Å²) < 4.78 is 0. The van der Waals surface area contributed by atoms with E-state index >= 15 is 0 Å². The second kappa shape index (κ2) is 3.23. The van der Waals surface area contributed by atoms with Crippen LogP contribution in [0.5, 0.6) is 0 Å². The van der Waals surface area contributed by atoms with Crippen molar-refractivity contribution < 1.29 is 0 Å². The van der Waals surface area contributed by atoms with Crippen molar-refractivity contribution in [3.8, 4) is 0 Å². The molecule has 0 atom stereocenters. The van der Waals surface area contributed by atoms with Crippen molar-refractivity contribution in [2.75, 3.05) is 7.05 Å². The lowest BCUT2D eigenvalue weighted by Gasteiger charge is -1.93. The van der Waals surface area contributed by atoms with E-state index in [-0.39, 0.29) is 5.96 Å². The lowest BCUT2D eigenvalue weighted by molar-refractivity contribution is 0.863. The molecule has 7 heavy (non-hydrogen) atoms. The average molecular weight is 103 g/mol. The van der Waals surface area contributed by atoms with E-state index in [1.807, 2.05) is 0 Å². The highest BCUT2D eigenvalue weighted by Crippen LogP contribution is 1.47. The van der Waals surface area contributed by atoms with Gasteiger partial charge in [0.05, 0.1) is 0 Å². The summed E-state index contributed by atoms with van der Waals surface area (Å²) >= 11 is 0. The Kier molecular flexibility index (Phi) is 2.78. The lowest BCUT2D eigenvalue weighted by atomic mass is 11.1. The highest BCUT2D eigenvalue weighted by atomic mass is 15.4. The van der Waals surface area contributed by atoms with Gasteiger partial charge in [-0.05, 0) is 0 Å². The van der Waals surface area contributed by atoms with Crippen molar-refractivity contribution in [3.63, 3.8) is 0 Å². The molecule has 0 aliphatic rings. The molecule has 5 heteroatoms. The van der Waals surface area contributed by atoms with Gasteiger partial charge < -0.3 is 11.2 Å². The minimum atomic E-state index is 0.169. The molecule has 0 aromatic rings. The lowest BCUT2D eigenvalue weighted by Crippen LogP contribution is -2.38. The largest absolute Gasteiger partial charge is 0.367 e. The minimum Gasteiger partial charge on any atom is -0.367 e. The van der Waals surface area contributed by atoms with Gasteiger partial charge in [0.2, 0.25) is 5.96 Å². The van der Waals surface area contributed by atoms with Gasteiger partial charge in [0.15, 0.2) is 0 Å². The summed E-state index contributed by atoms with van der Waals surface area (Å²) in [6, 6.07) is 0. The summed E-state index contributed by atoms with van der Waals surface area (Å²) in [5.41, 5.74) is 9.60. The Labute approximate surface area is 41.7 Å². The fraction of sp³-hybridized carbons (Fsp3) is 0.500. The molecule has 0 aliphatic carbocycles. The molecule has 0 saturated carbocycles. The van der Waals surface area contributed by atoms with E-state index in [1.165, 1.54) is 0 Å². The van der Waals surface area contributed by atoms with Gasteiger partial charge in [0, 0.05) is 7.05 Å². The molecule has 0 bridgehead atoms. The van der Waals surface area contributed by atoms with Crippen LogP contribution in [0, 0.1) is 0 Å². The third-order valence-electron chi connectivity index (χ3n) is 0.380. The molecule has 0 spiro atoms. The number of nitrogens with zero attached hydrogens (tertiary/aromatic N) is 1. The molecule has 0 aliphatic heterocycles. The Hall–Kier alpha value is -0.970. The van der Waals surface area contributed by atoms with Crippen molar-refractivity contribution in [2.24, 2.45) is 16.7 Å². The van der Waals surface area contributed by atoms with E-state index in [0.717, 1.165) is 0 Å². The summed E-state index contributed by atoms with van der Waals surface area (Å²) in [6.07, 6.45) is 0. The smallest absolute Gasteiger partial charge is 0.225 e. The van der Waals surface area contributed by atoms with Crippen molar-refractivity contribution in [1.82, 2.24) is 10.9 Å². The average Bonchev–Trinajstić information content (AvgIpc) is 1.68. The number of hydrogen-bond acceptors (Lipinski definition) is 3. The zero-order valence-electron chi connectivity index (χ0n) is 4.10. The number of hydrazone groups is 1. The van der Waals surface area contributed by atoms with Gasteiger partial charge in [-0.15, -0.1) is 5.10 Å². The van der Waals surface area contributed by atoms with Gasteiger partial charge in [-0.3, -0.25) is 5.43 Å². The maximum atomic E-state index is 5.03. The van der Waals surface area contributed by atoms with Crippen LogP contribution in [0.15, 0.2) is 5.10 Å². The first kappa shape index (κ1) is 6.03. The standard InChI is InChI=1S/C2H9N5/c1-5-7-2(3)6-4/h5H,4H2,1H3,(H3,3,6,7). The number of rotatable bonds is 1. The predicted molar refractivity (Wildman–Crippen MR) is 28.0 cm³/mol. The van der Waals surface area contributed by atoms with E-state index in [4.69, 9.17) is 11.6 Å². The highest BCUT2D eigenvalue weighted by molar-refractivity contribution is 5.76. The molecule has 0 unspecified atom stereocenters. The maximum Gasteiger partial charge on any atom is 0.225 e. The fourth-order valence-electron chi connectivity index (χ4n) is 0.153. The molecule has 0 aromatic carbocycles. The molecule has 42 valence electrons. The molecule has 0 amide bonds. The Morgan fingerprint density at radius 2 is 2.29 bits per heavy atom.